The summed E-state index contributed by atoms with van der Waals surface area (Å²) in [7, 11) is 0. The van der Waals surface area contributed by atoms with Gasteiger partial charge in [0.15, 0.2) is 0 Å². The van der Waals surface area contributed by atoms with E-state index in [1.807, 2.05) is 0 Å². The van der Waals surface area contributed by atoms with E-state index < -0.39 is 0 Å². The predicted octanol–water partition coefficient (Wildman–Crippen LogP) is 1.86. The third-order valence-electron chi connectivity index (χ3n) is 2.61. The molecule has 0 saturated heterocycles. The first-order valence-electron chi connectivity index (χ1n) is 6.54. The smallest absolute Gasteiger partial charge is 0.0791 e. The van der Waals surface area contributed by atoms with Crippen molar-refractivity contribution in [1.82, 2.24) is 10.2 Å². The number of β-amino-alcohol motifs (C(OH)–C–C–N with tert-alkyl or cyclic N) is 1. The van der Waals surface area contributed by atoms with Crippen molar-refractivity contribution in [3.63, 3.8) is 0 Å². The molecule has 2 N–H and O–H groups in total. The van der Waals surface area contributed by atoms with Gasteiger partial charge in [-0.2, -0.15) is 0 Å². The summed E-state index contributed by atoms with van der Waals surface area (Å²) in [5.41, 5.74) is 0.0848. The molecule has 16 heavy (non-hydrogen) atoms. The zero-order chi connectivity index (χ0) is 12.6. The Bertz CT molecular complexity index is 166. The Morgan fingerprint density at radius 2 is 1.88 bits per heavy atom. The molecule has 0 amide bonds. The fourth-order valence-electron chi connectivity index (χ4n) is 1.55. The molecule has 0 fully saturated rings. The number of aliphatic hydroxyl groups excluding tert-OH is 1. The highest BCUT2D eigenvalue weighted by Crippen LogP contribution is 2.00. The second-order valence-electron chi connectivity index (χ2n) is 5.53. The number of hydrogen-bond acceptors (Lipinski definition) is 3. The summed E-state index contributed by atoms with van der Waals surface area (Å²) >= 11 is 0. The highest BCUT2D eigenvalue weighted by atomic mass is 16.3. The molecule has 0 radical (unpaired) electrons. The van der Waals surface area contributed by atoms with Crippen LogP contribution in [-0.2, 0) is 0 Å². The van der Waals surface area contributed by atoms with Gasteiger partial charge in [-0.3, -0.25) is 0 Å². The van der Waals surface area contributed by atoms with Gasteiger partial charge in [0.1, 0.15) is 0 Å². The standard InChI is InChI=1S/C13H30N2O/c1-6-8-9-15(7-2)11-12(16)10-14-13(3,4)5/h12,14,16H,6-11H2,1-5H3. The van der Waals surface area contributed by atoms with Crippen LogP contribution in [0.3, 0.4) is 0 Å². The van der Waals surface area contributed by atoms with Crippen molar-refractivity contribution in [2.75, 3.05) is 26.2 Å². The molecule has 98 valence electrons. The van der Waals surface area contributed by atoms with E-state index in [1.165, 1.54) is 12.8 Å². The summed E-state index contributed by atoms with van der Waals surface area (Å²) in [5.74, 6) is 0. The lowest BCUT2D eigenvalue weighted by atomic mass is 10.1. The number of nitrogens with one attached hydrogen (secondary N) is 1. The van der Waals surface area contributed by atoms with Crippen molar-refractivity contribution in [3.05, 3.63) is 0 Å². The van der Waals surface area contributed by atoms with Gasteiger partial charge in [0.25, 0.3) is 0 Å². The van der Waals surface area contributed by atoms with Crippen LogP contribution >= 0.6 is 0 Å². The minimum absolute atomic E-state index is 0.0848. The number of likely N-dealkylation sites (N-methyl/N-ethyl adjacent to an activating group) is 1. The maximum atomic E-state index is 9.91. The normalized spacial score (nSPS) is 14.4. The minimum atomic E-state index is -0.268. The molecule has 0 aliphatic carbocycles. The van der Waals surface area contributed by atoms with Crippen LogP contribution in [0.2, 0.25) is 0 Å². The van der Waals surface area contributed by atoms with Gasteiger partial charge in [0.2, 0.25) is 0 Å². The molecule has 3 heteroatoms. The topological polar surface area (TPSA) is 35.5 Å². The van der Waals surface area contributed by atoms with Gasteiger partial charge in [0.05, 0.1) is 6.10 Å². The Labute approximate surface area is 101 Å². The number of rotatable bonds is 8. The Hall–Kier alpha value is -0.120. The molecule has 1 atom stereocenters. The average molecular weight is 230 g/mol. The summed E-state index contributed by atoms with van der Waals surface area (Å²) < 4.78 is 0. The summed E-state index contributed by atoms with van der Waals surface area (Å²) in [4.78, 5) is 2.32. The molecule has 0 aromatic rings. The third-order valence-corrected chi connectivity index (χ3v) is 2.61. The Morgan fingerprint density at radius 3 is 2.31 bits per heavy atom. The van der Waals surface area contributed by atoms with Crippen LogP contribution in [0.15, 0.2) is 0 Å². The van der Waals surface area contributed by atoms with Crippen molar-refractivity contribution in [3.8, 4) is 0 Å². The molecule has 0 aliphatic rings. The summed E-state index contributed by atoms with van der Waals surface area (Å²) in [6.07, 6.45) is 2.16. The molecule has 0 rings (SSSR count). The van der Waals surface area contributed by atoms with E-state index in [1.54, 1.807) is 0 Å². The van der Waals surface area contributed by atoms with Gasteiger partial charge >= 0.3 is 0 Å². The highest BCUT2D eigenvalue weighted by molar-refractivity contribution is 4.74. The number of aliphatic hydroxyl groups is 1. The van der Waals surface area contributed by atoms with E-state index in [-0.39, 0.29) is 11.6 Å². The van der Waals surface area contributed by atoms with Crippen LogP contribution in [0.1, 0.15) is 47.5 Å². The number of unbranched alkanes of at least 4 members (excludes halogenated alkanes) is 1. The largest absolute Gasteiger partial charge is 0.390 e. The second-order valence-corrected chi connectivity index (χ2v) is 5.53. The maximum absolute atomic E-state index is 9.91. The average Bonchev–Trinajstić information content (AvgIpc) is 2.20. The van der Waals surface area contributed by atoms with Gasteiger partial charge < -0.3 is 15.3 Å². The van der Waals surface area contributed by atoms with Crippen LogP contribution in [0.4, 0.5) is 0 Å². The van der Waals surface area contributed by atoms with E-state index in [2.05, 4.69) is 44.8 Å². The summed E-state index contributed by atoms with van der Waals surface area (Å²) in [5, 5.41) is 13.2. The molecule has 3 nitrogen and oxygen atoms in total. The quantitative estimate of drug-likeness (QED) is 0.668. The zero-order valence-electron chi connectivity index (χ0n) is 11.7. The molecule has 0 saturated carbocycles. The molecule has 0 aromatic carbocycles. The van der Waals surface area contributed by atoms with Crippen molar-refractivity contribution in [1.29, 1.82) is 0 Å². The first-order chi connectivity index (χ1) is 7.39. The van der Waals surface area contributed by atoms with Gasteiger partial charge in [-0.05, 0) is 40.3 Å². The monoisotopic (exact) mass is 230 g/mol. The van der Waals surface area contributed by atoms with Gasteiger partial charge in [-0.15, -0.1) is 0 Å². The van der Waals surface area contributed by atoms with E-state index >= 15 is 0 Å². The van der Waals surface area contributed by atoms with Gasteiger partial charge in [-0.25, -0.2) is 0 Å². The molecular formula is C13H30N2O. The van der Waals surface area contributed by atoms with E-state index in [0.29, 0.717) is 6.54 Å². The number of nitrogens with zero attached hydrogens (tertiary/aromatic N) is 1. The van der Waals surface area contributed by atoms with Crippen LogP contribution < -0.4 is 5.32 Å². The zero-order valence-corrected chi connectivity index (χ0v) is 11.7. The van der Waals surface area contributed by atoms with Gasteiger partial charge in [-0.1, -0.05) is 20.3 Å². The van der Waals surface area contributed by atoms with E-state index in [9.17, 15) is 5.11 Å². The van der Waals surface area contributed by atoms with Crippen LogP contribution in [0.5, 0.6) is 0 Å². The van der Waals surface area contributed by atoms with Crippen molar-refractivity contribution < 1.29 is 5.11 Å². The Kier molecular flexibility index (Phi) is 7.98. The first-order valence-corrected chi connectivity index (χ1v) is 6.54. The Balaban J connectivity index is 3.77. The van der Waals surface area contributed by atoms with Crippen molar-refractivity contribution in [2.45, 2.75) is 59.1 Å². The lowest BCUT2D eigenvalue weighted by Gasteiger charge is -2.27. The second kappa shape index (κ2) is 8.04. The fraction of sp³-hybridized carbons (Fsp3) is 1.00. The van der Waals surface area contributed by atoms with Crippen LogP contribution in [-0.4, -0.2) is 47.8 Å². The van der Waals surface area contributed by atoms with E-state index in [0.717, 1.165) is 19.6 Å². The lowest BCUT2D eigenvalue weighted by molar-refractivity contribution is 0.107. The maximum Gasteiger partial charge on any atom is 0.0791 e. The predicted molar refractivity (Wildman–Crippen MR) is 70.8 cm³/mol. The third kappa shape index (κ3) is 9.13. The fourth-order valence-corrected chi connectivity index (χ4v) is 1.55. The van der Waals surface area contributed by atoms with Crippen LogP contribution in [0.25, 0.3) is 0 Å². The molecule has 0 bridgehead atoms. The number of hydrogen-bond donors (Lipinski definition) is 2. The van der Waals surface area contributed by atoms with Crippen LogP contribution in [0, 0.1) is 0 Å². The molecule has 1 unspecified atom stereocenters. The first kappa shape index (κ1) is 15.9. The lowest BCUT2D eigenvalue weighted by Crippen LogP contribution is -2.44. The molecule has 0 spiro atoms. The van der Waals surface area contributed by atoms with Gasteiger partial charge in [0, 0.05) is 18.6 Å². The van der Waals surface area contributed by atoms with E-state index in [4.69, 9.17) is 0 Å². The summed E-state index contributed by atoms with van der Waals surface area (Å²) in [6, 6.07) is 0. The molecule has 0 heterocycles. The molecular weight excluding hydrogens is 200 g/mol. The molecule has 0 aliphatic heterocycles. The minimum Gasteiger partial charge on any atom is -0.390 e. The van der Waals surface area contributed by atoms with Crippen molar-refractivity contribution >= 4 is 0 Å². The summed E-state index contributed by atoms with van der Waals surface area (Å²) in [6.45, 7) is 14.3. The Morgan fingerprint density at radius 1 is 1.25 bits per heavy atom. The highest BCUT2D eigenvalue weighted by Gasteiger charge is 2.14. The molecule has 0 aromatic heterocycles. The SMILES string of the molecule is CCCCN(CC)CC(O)CNC(C)(C)C. The van der Waals surface area contributed by atoms with Crippen molar-refractivity contribution in [2.24, 2.45) is 0 Å².